The van der Waals surface area contributed by atoms with E-state index in [0.717, 1.165) is 17.0 Å². The number of halogens is 3. The summed E-state index contributed by atoms with van der Waals surface area (Å²) in [4.78, 5) is 0.0992. The van der Waals surface area contributed by atoms with Gasteiger partial charge in [-0.3, -0.25) is 0 Å². The summed E-state index contributed by atoms with van der Waals surface area (Å²) in [5, 5.41) is 3.49. The molecule has 0 radical (unpaired) electrons. The summed E-state index contributed by atoms with van der Waals surface area (Å²) in [5.74, 6) is 0. The second-order valence-corrected chi connectivity index (χ2v) is 6.36. The summed E-state index contributed by atoms with van der Waals surface area (Å²) in [6.45, 7) is 1.49. The quantitative estimate of drug-likeness (QED) is 0.857. The third-order valence-corrected chi connectivity index (χ3v) is 3.82. The number of aryl methyl sites for hydroxylation is 1. The lowest BCUT2D eigenvalue weighted by Crippen LogP contribution is -2.07. The van der Waals surface area contributed by atoms with Crippen molar-refractivity contribution in [2.75, 3.05) is 6.26 Å². The smallest absolute Gasteiger partial charge is 0.238 e. The van der Waals surface area contributed by atoms with E-state index in [1.165, 1.54) is 31.2 Å². The molecule has 108 valence electrons. The maximum absolute atomic E-state index is 12.6. The number of rotatable bonds is 2. The molecule has 0 saturated carbocycles. The predicted molar refractivity (Wildman–Crippen MR) is 66.4 cm³/mol. The van der Waals surface area contributed by atoms with Crippen LogP contribution in [0.5, 0.6) is 0 Å². The molecule has 20 heavy (non-hydrogen) atoms. The molecule has 0 aliphatic rings. The van der Waals surface area contributed by atoms with Crippen molar-refractivity contribution >= 4 is 9.84 Å². The zero-order valence-electron chi connectivity index (χ0n) is 10.6. The highest BCUT2D eigenvalue weighted by atomic mass is 32.2. The van der Waals surface area contributed by atoms with E-state index in [4.69, 9.17) is 0 Å². The topological polar surface area (TPSA) is 52.0 Å². The van der Waals surface area contributed by atoms with Crippen LogP contribution in [-0.2, 0) is 16.0 Å². The fourth-order valence-electron chi connectivity index (χ4n) is 1.71. The number of hydrogen-bond donors (Lipinski definition) is 0. The molecule has 1 aromatic heterocycles. The van der Waals surface area contributed by atoms with Gasteiger partial charge in [-0.25, -0.2) is 13.1 Å². The van der Waals surface area contributed by atoms with Crippen LogP contribution in [0.25, 0.3) is 5.69 Å². The molecule has 2 aromatic rings. The summed E-state index contributed by atoms with van der Waals surface area (Å²) >= 11 is 0. The van der Waals surface area contributed by atoms with Crippen LogP contribution >= 0.6 is 0 Å². The molecule has 0 spiro atoms. The molecule has 1 heterocycles. The van der Waals surface area contributed by atoms with Crippen molar-refractivity contribution in [3.63, 3.8) is 0 Å². The van der Waals surface area contributed by atoms with Crippen LogP contribution in [0.1, 0.15) is 11.4 Å². The van der Waals surface area contributed by atoms with Crippen molar-refractivity contribution < 1.29 is 21.6 Å². The Morgan fingerprint density at radius 2 is 1.70 bits per heavy atom. The number of aromatic nitrogens is 2. The minimum Gasteiger partial charge on any atom is -0.238 e. The van der Waals surface area contributed by atoms with Crippen molar-refractivity contribution in [3.8, 4) is 5.69 Å². The maximum atomic E-state index is 12.6. The lowest BCUT2D eigenvalue weighted by molar-refractivity contribution is -0.141. The van der Waals surface area contributed by atoms with Crippen LogP contribution < -0.4 is 0 Å². The summed E-state index contributed by atoms with van der Waals surface area (Å²) < 4.78 is 61.4. The van der Waals surface area contributed by atoms with E-state index in [0.29, 0.717) is 11.4 Å². The molecule has 0 unspecified atom stereocenters. The molecule has 0 aliphatic carbocycles. The van der Waals surface area contributed by atoms with E-state index in [-0.39, 0.29) is 4.90 Å². The van der Waals surface area contributed by atoms with Crippen molar-refractivity contribution in [3.05, 3.63) is 41.7 Å². The lowest BCUT2D eigenvalue weighted by Gasteiger charge is -2.05. The zero-order valence-corrected chi connectivity index (χ0v) is 11.5. The first-order chi connectivity index (χ1) is 9.09. The van der Waals surface area contributed by atoms with Gasteiger partial charge >= 0.3 is 6.18 Å². The molecule has 0 fully saturated rings. The number of benzene rings is 1. The predicted octanol–water partition coefficient (Wildman–Crippen LogP) is 2.60. The number of hydrogen-bond acceptors (Lipinski definition) is 3. The number of sulfone groups is 1. The Kier molecular flexibility index (Phi) is 3.37. The van der Waals surface area contributed by atoms with Gasteiger partial charge in [-0.15, -0.1) is 0 Å². The molecule has 0 saturated heterocycles. The highest BCUT2D eigenvalue weighted by Gasteiger charge is 2.34. The zero-order chi connectivity index (χ0) is 15.1. The van der Waals surface area contributed by atoms with Gasteiger partial charge in [0.15, 0.2) is 15.5 Å². The summed E-state index contributed by atoms with van der Waals surface area (Å²) in [6.07, 6.45) is -3.45. The first kappa shape index (κ1) is 14.6. The fourth-order valence-corrected chi connectivity index (χ4v) is 2.34. The highest BCUT2D eigenvalue weighted by Crippen LogP contribution is 2.29. The average molecular weight is 304 g/mol. The molecule has 8 heteroatoms. The monoisotopic (exact) mass is 304 g/mol. The van der Waals surface area contributed by atoms with Gasteiger partial charge in [-0.1, -0.05) is 0 Å². The van der Waals surface area contributed by atoms with E-state index in [2.05, 4.69) is 5.10 Å². The van der Waals surface area contributed by atoms with Gasteiger partial charge in [0.25, 0.3) is 0 Å². The van der Waals surface area contributed by atoms with Crippen molar-refractivity contribution in [2.24, 2.45) is 0 Å². The molecule has 0 amide bonds. The largest absolute Gasteiger partial charge is 0.435 e. The van der Waals surface area contributed by atoms with Crippen molar-refractivity contribution in [1.29, 1.82) is 0 Å². The standard InChI is InChI=1S/C12H11F3N2O2S/c1-8-7-11(12(13,14)15)16-17(8)9-3-5-10(6-4-9)20(2,18)19/h3-7H,1-2H3. The molecule has 1 aromatic carbocycles. The lowest BCUT2D eigenvalue weighted by atomic mass is 10.3. The third kappa shape index (κ3) is 2.84. The van der Waals surface area contributed by atoms with Crippen molar-refractivity contribution in [2.45, 2.75) is 18.0 Å². The first-order valence-corrected chi connectivity index (χ1v) is 7.42. The van der Waals surface area contributed by atoms with Gasteiger partial charge in [0.1, 0.15) is 0 Å². The molecule has 4 nitrogen and oxygen atoms in total. The second kappa shape index (κ2) is 4.62. The Balaban J connectivity index is 2.45. The van der Waals surface area contributed by atoms with Crippen LogP contribution in [0.3, 0.4) is 0 Å². The SMILES string of the molecule is Cc1cc(C(F)(F)F)nn1-c1ccc(S(C)(=O)=O)cc1. The van der Waals surface area contributed by atoms with E-state index in [1.807, 2.05) is 0 Å². The summed E-state index contributed by atoms with van der Waals surface area (Å²) in [6, 6.07) is 6.43. The van der Waals surface area contributed by atoms with Crippen molar-refractivity contribution in [1.82, 2.24) is 9.78 Å². The maximum Gasteiger partial charge on any atom is 0.435 e. The molecule has 0 bridgehead atoms. The van der Waals surface area contributed by atoms with Gasteiger partial charge in [0.05, 0.1) is 10.6 Å². The Labute approximate surface area is 113 Å². The first-order valence-electron chi connectivity index (χ1n) is 5.53. The minimum atomic E-state index is -4.51. The van der Waals surface area contributed by atoms with E-state index < -0.39 is 21.7 Å². The van der Waals surface area contributed by atoms with Gasteiger partial charge in [0.2, 0.25) is 0 Å². The van der Waals surface area contributed by atoms with Crippen LogP contribution in [0.15, 0.2) is 35.2 Å². The molecular weight excluding hydrogens is 293 g/mol. The minimum absolute atomic E-state index is 0.0992. The van der Waals surface area contributed by atoms with Crippen LogP contribution in [0.4, 0.5) is 13.2 Å². The molecule has 0 N–H and O–H groups in total. The number of nitrogens with zero attached hydrogens (tertiary/aromatic N) is 2. The molecule has 2 rings (SSSR count). The Morgan fingerprint density at radius 3 is 2.10 bits per heavy atom. The number of alkyl halides is 3. The third-order valence-electron chi connectivity index (χ3n) is 2.69. The van der Waals surface area contributed by atoms with E-state index in [1.54, 1.807) is 0 Å². The summed E-state index contributed by atoms with van der Waals surface area (Å²) in [5.41, 5.74) is -0.308. The normalized spacial score (nSPS) is 12.7. The van der Waals surface area contributed by atoms with E-state index in [9.17, 15) is 21.6 Å². The average Bonchev–Trinajstić information content (AvgIpc) is 2.70. The van der Waals surface area contributed by atoms with E-state index >= 15 is 0 Å². The Bertz CT molecular complexity index is 731. The Morgan fingerprint density at radius 1 is 1.15 bits per heavy atom. The van der Waals surface area contributed by atoms with Crippen LogP contribution in [0, 0.1) is 6.92 Å². The van der Waals surface area contributed by atoms with Gasteiger partial charge < -0.3 is 0 Å². The van der Waals surface area contributed by atoms with Gasteiger partial charge in [-0.05, 0) is 37.3 Å². The van der Waals surface area contributed by atoms with Crippen LogP contribution in [-0.4, -0.2) is 24.5 Å². The Hall–Kier alpha value is -1.83. The highest BCUT2D eigenvalue weighted by molar-refractivity contribution is 7.90. The molecule has 0 atom stereocenters. The fraction of sp³-hybridized carbons (Fsp3) is 0.250. The van der Waals surface area contributed by atoms with Crippen LogP contribution in [0.2, 0.25) is 0 Å². The molecule has 0 aliphatic heterocycles. The van der Waals surface area contributed by atoms with Gasteiger partial charge in [-0.2, -0.15) is 18.3 Å². The molecular formula is C12H11F3N2O2S. The van der Waals surface area contributed by atoms with Gasteiger partial charge in [0, 0.05) is 11.9 Å². The second-order valence-electron chi connectivity index (χ2n) is 4.35. The summed E-state index contributed by atoms with van der Waals surface area (Å²) in [7, 11) is -3.34.